The lowest BCUT2D eigenvalue weighted by Crippen LogP contribution is -2.52. The minimum absolute atomic E-state index is 0.0829. The third-order valence-corrected chi connectivity index (χ3v) is 3.16. The third kappa shape index (κ3) is 2.26. The van der Waals surface area contributed by atoms with Crippen molar-refractivity contribution in [1.29, 1.82) is 0 Å². The van der Waals surface area contributed by atoms with Crippen molar-refractivity contribution in [2.24, 2.45) is 0 Å². The number of carboxylic acid groups (broad SMARTS) is 1. The van der Waals surface area contributed by atoms with Crippen molar-refractivity contribution in [3.8, 4) is 0 Å². The Morgan fingerprint density at radius 2 is 2.27 bits per heavy atom. The molecule has 1 unspecified atom stereocenters. The number of thioether (sulfide) groups is 1. The third-order valence-electron chi connectivity index (χ3n) is 1.77. The number of amides is 2. The SMILES string of the molecule is CNC(=O)C(C(=O)O)N1C(=O)CSC1=S. The van der Waals surface area contributed by atoms with E-state index in [-0.39, 0.29) is 10.1 Å². The second kappa shape index (κ2) is 4.58. The summed E-state index contributed by atoms with van der Waals surface area (Å²) in [5.41, 5.74) is 0. The number of hydrogen-bond acceptors (Lipinski definition) is 5. The van der Waals surface area contributed by atoms with Crippen LogP contribution >= 0.6 is 24.0 Å². The van der Waals surface area contributed by atoms with E-state index in [4.69, 9.17) is 17.3 Å². The first kappa shape index (κ1) is 11.9. The highest BCUT2D eigenvalue weighted by Gasteiger charge is 2.41. The zero-order valence-corrected chi connectivity index (χ0v) is 9.35. The van der Waals surface area contributed by atoms with Crippen molar-refractivity contribution in [3.05, 3.63) is 0 Å². The Kier molecular flexibility index (Phi) is 3.64. The van der Waals surface area contributed by atoms with Crippen LogP contribution in [-0.2, 0) is 14.4 Å². The molecule has 1 atom stereocenters. The van der Waals surface area contributed by atoms with Crippen LogP contribution in [0.15, 0.2) is 0 Å². The molecule has 0 radical (unpaired) electrons. The quantitative estimate of drug-likeness (QED) is 0.494. The molecule has 6 nitrogen and oxygen atoms in total. The van der Waals surface area contributed by atoms with Gasteiger partial charge in [0.2, 0.25) is 11.9 Å². The molecule has 15 heavy (non-hydrogen) atoms. The first-order chi connectivity index (χ1) is 6.99. The van der Waals surface area contributed by atoms with Gasteiger partial charge in [0.15, 0.2) is 0 Å². The second-order valence-corrected chi connectivity index (χ2v) is 4.28. The largest absolute Gasteiger partial charge is 0.479 e. The average molecular weight is 248 g/mol. The summed E-state index contributed by atoms with van der Waals surface area (Å²) in [5.74, 6) is -2.53. The first-order valence-electron chi connectivity index (χ1n) is 3.92. The molecule has 2 N–H and O–H groups in total. The number of likely N-dealkylation sites (N-methyl/N-ethyl adjacent to an activating group) is 1. The van der Waals surface area contributed by atoms with Crippen molar-refractivity contribution >= 4 is 46.1 Å². The van der Waals surface area contributed by atoms with Gasteiger partial charge in [-0.25, -0.2) is 4.79 Å². The first-order valence-corrected chi connectivity index (χ1v) is 5.31. The fourth-order valence-electron chi connectivity index (χ4n) is 1.09. The zero-order chi connectivity index (χ0) is 11.6. The summed E-state index contributed by atoms with van der Waals surface area (Å²) in [6.07, 6.45) is 0. The molecule has 1 aliphatic heterocycles. The van der Waals surface area contributed by atoms with Gasteiger partial charge < -0.3 is 10.4 Å². The molecule has 0 aliphatic carbocycles. The van der Waals surface area contributed by atoms with Gasteiger partial charge in [-0.1, -0.05) is 24.0 Å². The van der Waals surface area contributed by atoms with Gasteiger partial charge >= 0.3 is 5.97 Å². The second-order valence-electron chi connectivity index (χ2n) is 2.67. The highest BCUT2D eigenvalue weighted by molar-refractivity contribution is 8.24. The zero-order valence-electron chi connectivity index (χ0n) is 7.72. The predicted octanol–water partition coefficient (Wildman–Crippen LogP) is -0.954. The van der Waals surface area contributed by atoms with Crippen LogP contribution in [0.1, 0.15) is 0 Å². The molecule has 8 heteroatoms. The minimum Gasteiger partial charge on any atom is -0.479 e. The number of nitrogens with one attached hydrogen (secondary N) is 1. The number of carboxylic acids is 1. The highest BCUT2D eigenvalue weighted by Crippen LogP contribution is 2.22. The summed E-state index contributed by atoms with van der Waals surface area (Å²) in [7, 11) is 1.30. The number of hydrogen-bond donors (Lipinski definition) is 2. The Bertz CT molecular complexity index is 328. The molecule has 1 saturated heterocycles. The van der Waals surface area contributed by atoms with E-state index in [1.54, 1.807) is 0 Å². The number of carbonyl (C=O) groups excluding carboxylic acids is 2. The van der Waals surface area contributed by atoms with Crippen LogP contribution in [0.4, 0.5) is 0 Å². The molecule has 0 aromatic rings. The number of carbonyl (C=O) groups is 3. The molecule has 0 aromatic carbocycles. The lowest BCUT2D eigenvalue weighted by Gasteiger charge is -2.21. The van der Waals surface area contributed by atoms with Gasteiger partial charge in [0.25, 0.3) is 5.91 Å². The van der Waals surface area contributed by atoms with Crippen LogP contribution in [0, 0.1) is 0 Å². The average Bonchev–Trinajstić information content (AvgIpc) is 2.49. The lowest BCUT2D eigenvalue weighted by molar-refractivity contribution is -0.150. The number of nitrogens with zero attached hydrogens (tertiary/aromatic N) is 1. The lowest BCUT2D eigenvalue weighted by atomic mass is 10.2. The van der Waals surface area contributed by atoms with Gasteiger partial charge in [0, 0.05) is 7.05 Å². The summed E-state index contributed by atoms with van der Waals surface area (Å²) in [4.78, 5) is 34.3. The van der Waals surface area contributed by atoms with Crippen LogP contribution in [0.2, 0.25) is 0 Å². The highest BCUT2D eigenvalue weighted by atomic mass is 32.2. The molecule has 0 bridgehead atoms. The van der Waals surface area contributed by atoms with E-state index in [1.807, 2.05) is 0 Å². The molecule has 1 aliphatic rings. The molecule has 1 rings (SSSR count). The van der Waals surface area contributed by atoms with E-state index >= 15 is 0 Å². The maximum Gasteiger partial charge on any atom is 0.336 e. The molecule has 0 spiro atoms. The Morgan fingerprint density at radius 1 is 1.67 bits per heavy atom. The predicted molar refractivity (Wildman–Crippen MR) is 57.4 cm³/mol. The summed E-state index contributed by atoms with van der Waals surface area (Å²) in [5, 5.41) is 11.0. The molecule has 0 aromatic heterocycles. The Balaban J connectivity index is 2.98. The van der Waals surface area contributed by atoms with E-state index in [1.165, 1.54) is 7.05 Å². The fourth-order valence-corrected chi connectivity index (χ4v) is 2.21. The topological polar surface area (TPSA) is 86.7 Å². The van der Waals surface area contributed by atoms with Crippen LogP contribution in [0.5, 0.6) is 0 Å². The normalized spacial score (nSPS) is 17.8. The summed E-state index contributed by atoms with van der Waals surface area (Å²) in [6.45, 7) is 0. The van der Waals surface area contributed by atoms with Crippen molar-refractivity contribution in [2.75, 3.05) is 12.8 Å². The Labute approximate surface area is 95.0 Å². The molecule has 1 heterocycles. The molecule has 1 fully saturated rings. The van der Waals surface area contributed by atoms with Crippen LogP contribution in [-0.4, -0.2) is 51.0 Å². The number of rotatable bonds is 3. The summed E-state index contributed by atoms with van der Waals surface area (Å²) >= 11 is 5.86. The monoisotopic (exact) mass is 248 g/mol. The van der Waals surface area contributed by atoms with Gasteiger partial charge in [0.05, 0.1) is 5.75 Å². The molecule has 82 valence electrons. The smallest absolute Gasteiger partial charge is 0.336 e. The van der Waals surface area contributed by atoms with Gasteiger partial charge in [-0.15, -0.1) is 0 Å². The number of thiocarbonyl (C=S) groups is 1. The van der Waals surface area contributed by atoms with E-state index in [9.17, 15) is 14.4 Å². The fraction of sp³-hybridized carbons (Fsp3) is 0.429. The van der Waals surface area contributed by atoms with Crippen LogP contribution in [0.25, 0.3) is 0 Å². The van der Waals surface area contributed by atoms with Gasteiger partial charge in [-0.2, -0.15) is 0 Å². The van der Waals surface area contributed by atoms with Crippen LogP contribution in [0.3, 0.4) is 0 Å². The van der Waals surface area contributed by atoms with E-state index in [0.717, 1.165) is 16.7 Å². The van der Waals surface area contributed by atoms with Crippen molar-refractivity contribution in [2.45, 2.75) is 6.04 Å². The Hall–Kier alpha value is -1.15. The maximum absolute atomic E-state index is 11.3. The van der Waals surface area contributed by atoms with Crippen molar-refractivity contribution < 1.29 is 19.5 Å². The molecule has 2 amide bonds. The number of aliphatic carboxylic acids is 1. The van der Waals surface area contributed by atoms with Gasteiger partial charge in [-0.3, -0.25) is 14.5 Å². The van der Waals surface area contributed by atoms with E-state index < -0.39 is 23.8 Å². The van der Waals surface area contributed by atoms with Gasteiger partial charge in [0.1, 0.15) is 4.32 Å². The van der Waals surface area contributed by atoms with Gasteiger partial charge in [-0.05, 0) is 0 Å². The van der Waals surface area contributed by atoms with Crippen molar-refractivity contribution in [3.63, 3.8) is 0 Å². The van der Waals surface area contributed by atoms with Crippen LogP contribution < -0.4 is 5.32 Å². The molecular weight excluding hydrogens is 240 g/mol. The summed E-state index contributed by atoms with van der Waals surface area (Å²) < 4.78 is 0.121. The standard InChI is InChI=1S/C7H8N2O4S2/c1-8-5(11)4(6(12)13)9-3(10)2-15-7(9)14/h4H,2H2,1H3,(H,8,11)(H,12,13). The Morgan fingerprint density at radius 3 is 2.60 bits per heavy atom. The van der Waals surface area contributed by atoms with Crippen molar-refractivity contribution in [1.82, 2.24) is 10.2 Å². The minimum atomic E-state index is -1.56. The maximum atomic E-state index is 11.3. The summed E-state index contributed by atoms with van der Waals surface area (Å²) in [6, 6.07) is -1.56. The molecule has 0 saturated carbocycles. The molecular formula is C7H8N2O4S2. The van der Waals surface area contributed by atoms with E-state index in [2.05, 4.69) is 5.32 Å². The van der Waals surface area contributed by atoms with E-state index in [0.29, 0.717) is 0 Å².